The van der Waals surface area contributed by atoms with E-state index in [1.165, 1.54) is 17.4 Å². The van der Waals surface area contributed by atoms with E-state index in [4.69, 9.17) is 0 Å². The van der Waals surface area contributed by atoms with Gasteiger partial charge in [0.05, 0.1) is 23.2 Å². The molecule has 0 saturated heterocycles. The zero-order valence-electron chi connectivity index (χ0n) is 11.7. The van der Waals surface area contributed by atoms with E-state index in [1.54, 1.807) is 18.9 Å². The molecule has 3 atom stereocenters. The summed E-state index contributed by atoms with van der Waals surface area (Å²) in [6, 6.07) is 1.33. The van der Waals surface area contributed by atoms with Gasteiger partial charge in [0.25, 0.3) is 0 Å². The van der Waals surface area contributed by atoms with Gasteiger partial charge in [-0.25, -0.2) is 0 Å². The Morgan fingerprint density at radius 3 is 2.70 bits per heavy atom. The van der Waals surface area contributed by atoms with E-state index in [-0.39, 0.29) is 11.7 Å². The molecule has 0 aliphatic heterocycles. The quantitative estimate of drug-likeness (QED) is 0.659. The van der Waals surface area contributed by atoms with Crippen molar-refractivity contribution in [1.82, 2.24) is 0 Å². The van der Waals surface area contributed by atoms with Gasteiger partial charge >= 0.3 is 5.69 Å². The summed E-state index contributed by atoms with van der Waals surface area (Å²) in [4.78, 5) is 13.1. The highest BCUT2D eigenvalue weighted by Gasteiger charge is 2.32. The average Bonchev–Trinajstić information content (AvgIpc) is 2.84. The SMILES string of the molecule is C[C@H](O)c1cc([N+](=O)[O-])c(N(C)C2CCCCC2O)s1. The molecule has 6 nitrogen and oxygen atoms in total. The van der Waals surface area contributed by atoms with Crippen molar-refractivity contribution in [3.63, 3.8) is 0 Å². The zero-order valence-corrected chi connectivity index (χ0v) is 12.5. The van der Waals surface area contributed by atoms with Crippen LogP contribution in [0.25, 0.3) is 0 Å². The number of nitro groups is 1. The molecule has 1 aromatic rings. The Morgan fingerprint density at radius 1 is 1.50 bits per heavy atom. The minimum absolute atomic E-state index is 0.00572. The summed E-state index contributed by atoms with van der Waals surface area (Å²) in [6.45, 7) is 1.59. The second-order valence-corrected chi connectivity index (χ2v) is 6.36. The lowest BCUT2D eigenvalue weighted by Crippen LogP contribution is -2.43. The standard InChI is InChI=1S/C13H20N2O4S/c1-8(16)12-7-10(15(18)19)13(20-12)14(2)9-5-3-4-6-11(9)17/h7-9,11,16-17H,3-6H2,1-2H3/t8-,9?,11?/m0/s1. The molecule has 2 rings (SSSR count). The van der Waals surface area contributed by atoms with Crippen molar-refractivity contribution in [1.29, 1.82) is 0 Å². The number of rotatable bonds is 4. The first-order chi connectivity index (χ1) is 9.41. The lowest BCUT2D eigenvalue weighted by Gasteiger charge is -2.35. The van der Waals surface area contributed by atoms with E-state index in [0.29, 0.717) is 9.88 Å². The maximum atomic E-state index is 11.2. The molecule has 1 saturated carbocycles. The smallest absolute Gasteiger partial charge is 0.304 e. The van der Waals surface area contributed by atoms with Crippen molar-refractivity contribution in [2.24, 2.45) is 0 Å². The van der Waals surface area contributed by atoms with Gasteiger partial charge in [0, 0.05) is 18.0 Å². The molecule has 2 unspecified atom stereocenters. The fourth-order valence-corrected chi connectivity index (χ4v) is 3.76. The predicted molar refractivity (Wildman–Crippen MR) is 78.3 cm³/mol. The molecular formula is C13H20N2O4S. The van der Waals surface area contributed by atoms with Crippen molar-refractivity contribution < 1.29 is 15.1 Å². The lowest BCUT2D eigenvalue weighted by molar-refractivity contribution is -0.383. The van der Waals surface area contributed by atoms with Gasteiger partial charge in [0.15, 0.2) is 5.00 Å². The van der Waals surface area contributed by atoms with Gasteiger partial charge in [0.2, 0.25) is 0 Å². The van der Waals surface area contributed by atoms with E-state index < -0.39 is 17.1 Å². The molecule has 1 aliphatic rings. The van der Waals surface area contributed by atoms with Crippen LogP contribution in [0.4, 0.5) is 10.7 Å². The lowest BCUT2D eigenvalue weighted by atomic mass is 9.92. The zero-order chi connectivity index (χ0) is 14.9. The number of thiophene rings is 1. The Bertz CT molecular complexity index is 489. The summed E-state index contributed by atoms with van der Waals surface area (Å²) in [5.41, 5.74) is 0.00572. The second kappa shape index (κ2) is 6.07. The van der Waals surface area contributed by atoms with Gasteiger partial charge in [-0.15, -0.1) is 11.3 Å². The number of hydrogen-bond acceptors (Lipinski definition) is 6. The first-order valence-electron chi connectivity index (χ1n) is 6.79. The molecule has 0 aromatic carbocycles. The summed E-state index contributed by atoms with van der Waals surface area (Å²) in [6.07, 6.45) is 2.40. The molecule has 0 spiro atoms. The molecule has 2 N–H and O–H groups in total. The van der Waals surface area contributed by atoms with E-state index in [9.17, 15) is 20.3 Å². The normalized spacial score (nSPS) is 24.4. The van der Waals surface area contributed by atoms with Gasteiger partial charge in [-0.05, 0) is 19.8 Å². The van der Waals surface area contributed by atoms with Crippen molar-refractivity contribution in [3.05, 3.63) is 21.1 Å². The summed E-state index contributed by atoms with van der Waals surface area (Å²) >= 11 is 1.22. The average molecular weight is 300 g/mol. The fraction of sp³-hybridized carbons (Fsp3) is 0.692. The van der Waals surface area contributed by atoms with Crippen molar-refractivity contribution in [3.8, 4) is 0 Å². The van der Waals surface area contributed by atoms with Crippen LogP contribution in [-0.4, -0.2) is 34.3 Å². The largest absolute Gasteiger partial charge is 0.391 e. The number of anilines is 1. The van der Waals surface area contributed by atoms with Crippen LogP contribution in [0.3, 0.4) is 0 Å². The molecule has 20 heavy (non-hydrogen) atoms. The van der Waals surface area contributed by atoms with Gasteiger partial charge < -0.3 is 15.1 Å². The van der Waals surface area contributed by atoms with Crippen LogP contribution in [0.2, 0.25) is 0 Å². The highest BCUT2D eigenvalue weighted by molar-refractivity contribution is 7.16. The van der Waals surface area contributed by atoms with Crippen LogP contribution in [-0.2, 0) is 0 Å². The topological polar surface area (TPSA) is 86.8 Å². The molecule has 0 bridgehead atoms. The molecule has 1 aromatic heterocycles. The van der Waals surface area contributed by atoms with Crippen LogP contribution < -0.4 is 4.90 Å². The van der Waals surface area contributed by atoms with Gasteiger partial charge in [-0.3, -0.25) is 10.1 Å². The third-order valence-electron chi connectivity index (χ3n) is 3.83. The van der Waals surface area contributed by atoms with E-state index in [2.05, 4.69) is 0 Å². The van der Waals surface area contributed by atoms with E-state index in [1.807, 2.05) is 0 Å². The molecule has 0 amide bonds. The second-order valence-electron chi connectivity index (χ2n) is 5.30. The molecule has 1 aliphatic carbocycles. The van der Waals surface area contributed by atoms with Gasteiger partial charge in [-0.1, -0.05) is 12.8 Å². The van der Waals surface area contributed by atoms with Crippen molar-refractivity contribution in [2.45, 2.75) is 50.9 Å². The molecule has 1 fully saturated rings. The van der Waals surface area contributed by atoms with E-state index in [0.717, 1.165) is 25.7 Å². The maximum Gasteiger partial charge on any atom is 0.304 e. The molecular weight excluding hydrogens is 280 g/mol. The summed E-state index contributed by atoms with van der Waals surface area (Å²) in [7, 11) is 1.78. The highest BCUT2D eigenvalue weighted by Crippen LogP contribution is 2.41. The minimum Gasteiger partial charge on any atom is -0.391 e. The van der Waals surface area contributed by atoms with Gasteiger partial charge in [-0.2, -0.15) is 0 Å². The van der Waals surface area contributed by atoms with E-state index >= 15 is 0 Å². The number of likely N-dealkylation sites (N-methyl/N-ethyl adjacent to an activating group) is 1. The predicted octanol–water partition coefficient (Wildman–Crippen LogP) is 2.45. The minimum atomic E-state index is -0.725. The molecule has 112 valence electrons. The number of nitrogens with zero attached hydrogens (tertiary/aromatic N) is 2. The Kier molecular flexibility index (Phi) is 4.62. The van der Waals surface area contributed by atoms with Gasteiger partial charge in [0.1, 0.15) is 0 Å². The van der Waals surface area contributed by atoms with Crippen LogP contribution in [0.1, 0.15) is 43.6 Å². The summed E-state index contributed by atoms with van der Waals surface area (Å²) < 4.78 is 0. The molecule has 7 heteroatoms. The van der Waals surface area contributed by atoms with Crippen LogP contribution in [0.5, 0.6) is 0 Å². The first-order valence-corrected chi connectivity index (χ1v) is 7.60. The number of aliphatic hydroxyl groups excluding tert-OH is 2. The molecule has 1 heterocycles. The first kappa shape index (κ1) is 15.2. The maximum absolute atomic E-state index is 11.2. The monoisotopic (exact) mass is 300 g/mol. The van der Waals surface area contributed by atoms with Crippen molar-refractivity contribution >= 4 is 22.0 Å². The van der Waals surface area contributed by atoms with Crippen LogP contribution in [0.15, 0.2) is 6.07 Å². The number of hydrogen-bond donors (Lipinski definition) is 2. The van der Waals surface area contributed by atoms with Crippen LogP contribution >= 0.6 is 11.3 Å². The Hall–Kier alpha value is -1.18. The Morgan fingerprint density at radius 2 is 2.15 bits per heavy atom. The third-order valence-corrected chi connectivity index (χ3v) is 5.22. The fourth-order valence-electron chi connectivity index (χ4n) is 2.67. The van der Waals surface area contributed by atoms with Crippen molar-refractivity contribution in [2.75, 3.05) is 11.9 Å². The third kappa shape index (κ3) is 2.94. The molecule has 0 radical (unpaired) electrons. The Labute approximate surface area is 121 Å². The highest BCUT2D eigenvalue weighted by atomic mass is 32.1. The number of aliphatic hydroxyl groups is 2. The summed E-state index contributed by atoms with van der Waals surface area (Å²) in [5.74, 6) is 0. The van der Waals surface area contributed by atoms with Crippen LogP contribution in [0, 0.1) is 10.1 Å². The Balaban J connectivity index is 2.32. The summed E-state index contributed by atoms with van der Waals surface area (Å²) in [5, 5.41) is 31.4.